The van der Waals surface area contributed by atoms with E-state index in [0.29, 0.717) is 32.4 Å². The second kappa shape index (κ2) is 45.5. The highest BCUT2D eigenvalue weighted by Gasteiger charge is 2.40. The number of primary amides is 1. The summed E-state index contributed by atoms with van der Waals surface area (Å²) in [4.78, 5) is 260. The lowest BCUT2D eigenvalue weighted by molar-refractivity contribution is -0.142. The molecule has 3 fully saturated rings. The zero-order chi connectivity index (χ0) is 79.9. The van der Waals surface area contributed by atoms with E-state index < -0.39 is 295 Å². The number of nitrogens with one attached hydrogen (secondary N) is 14. The predicted molar refractivity (Wildman–Crippen MR) is 376 cm³/mol. The summed E-state index contributed by atoms with van der Waals surface area (Å²) in [6.45, 7) is 11.5. The molecule has 0 aromatic rings. The van der Waals surface area contributed by atoms with Crippen LogP contribution in [0.3, 0.4) is 0 Å². The Bertz CT molecular complexity index is 3170. The molecule has 41 nitrogen and oxygen atoms in total. The lowest BCUT2D eigenvalue weighted by Gasteiger charge is -2.30. The van der Waals surface area contributed by atoms with E-state index in [4.69, 9.17) is 11.5 Å². The molecule has 590 valence electrons. The number of aliphatic hydroxyl groups excluding tert-OH is 2. The van der Waals surface area contributed by atoms with Crippen LogP contribution in [0, 0.1) is 17.8 Å². The highest BCUT2D eigenvalue weighted by molar-refractivity contribution is 8.77. The van der Waals surface area contributed by atoms with Gasteiger partial charge in [-0.3, -0.25) is 86.3 Å². The molecule has 0 spiro atoms. The van der Waals surface area contributed by atoms with Crippen LogP contribution in [0.4, 0.5) is 0 Å². The Hall–Kier alpha value is -8.79. The van der Waals surface area contributed by atoms with E-state index in [0.717, 1.165) is 31.6 Å². The number of nitrogens with two attached hydrogens (primary N) is 2. The number of carboxylic acids is 4. The van der Waals surface area contributed by atoms with Crippen LogP contribution in [0.2, 0.25) is 0 Å². The molecule has 0 saturated carbocycles. The van der Waals surface area contributed by atoms with Gasteiger partial charge in [0.1, 0.15) is 84.6 Å². The lowest BCUT2D eigenvalue weighted by atomic mass is 9.97. The number of hydrogen-bond donors (Lipinski definition) is 22. The van der Waals surface area contributed by atoms with Crippen molar-refractivity contribution in [3.05, 3.63) is 0 Å². The van der Waals surface area contributed by atoms with Gasteiger partial charge in [-0.05, 0) is 57.8 Å². The molecule has 3 rings (SSSR count). The van der Waals surface area contributed by atoms with Gasteiger partial charge < -0.3 is 117 Å². The molecule has 17 atom stereocenters. The van der Waals surface area contributed by atoms with Gasteiger partial charge in [0, 0.05) is 35.9 Å². The van der Waals surface area contributed by atoms with Crippen molar-refractivity contribution in [1.29, 1.82) is 0 Å². The summed E-state index contributed by atoms with van der Waals surface area (Å²) in [6.07, 6.45) is -9.04. The van der Waals surface area contributed by atoms with Crippen LogP contribution in [0.25, 0.3) is 0 Å². The second-order valence-electron chi connectivity index (χ2n) is 25.4. The van der Waals surface area contributed by atoms with Gasteiger partial charge in [-0.1, -0.05) is 91.1 Å². The van der Waals surface area contributed by atoms with Crippen LogP contribution in [0.15, 0.2) is 0 Å². The third-order valence-electron chi connectivity index (χ3n) is 15.7. The highest BCUT2D eigenvalue weighted by Crippen LogP contribution is 2.26. The molecule has 24 N–H and O–H groups in total. The maximum absolute atomic E-state index is 14.9. The number of carboxylic acid groups (broad SMARTS) is 4. The molecular weight excluding hydrogens is 1470 g/mol. The van der Waals surface area contributed by atoms with E-state index in [2.05, 4.69) is 69.1 Å². The van der Waals surface area contributed by atoms with Crippen molar-refractivity contribution in [2.24, 2.45) is 29.2 Å². The molecule has 0 aliphatic carbocycles. The minimum absolute atomic E-state index is 0.118. The number of rotatable bonds is 24. The van der Waals surface area contributed by atoms with Crippen molar-refractivity contribution in [2.75, 3.05) is 29.6 Å². The summed E-state index contributed by atoms with van der Waals surface area (Å²) < 4.78 is 0. The Labute approximate surface area is 618 Å². The third-order valence-corrected chi connectivity index (χ3v) is 20.5. The van der Waals surface area contributed by atoms with Crippen LogP contribution in [-0.4, -0.2) is 269 Å². The molecule has 45 heteroatoms. The summed E-state index contributed by atoms with van der Waals surface area (Å²) in [5.41, 5.74) is 11.2. The average molecular weight is 1570 g/mol. The van der Waals surface area contributed by atoms with Crippen LogP contribution >= 0.6 is 43.2 Å². The molecule has 3 heterocycles. The third kappa shape index (κ3) is 33.0. The molecule has 3 aliphatic rings. The van der Waals surface area contributed by atoms with E-state index in [1.807, 2.05) is 5.32 Å². The van der Waals surface area contributed by atoms with Crippen molar-refractivity contribution in [3.8, 4) is 0 Å². The maximum Gasteiger partial charge on any atom is 0.327 e. The normalized spacial score (nSPS) is 25.7. The molecule has 3 aliphatic heterocycles. The van der Waals surface area contributed by atoms with Crippen molar-refractivity contribution in [1.82, 2.24) is 74.4 Å². The topological polar surface area (TPSA) is 666 Å². The van der Waals surface area contributed by atoms with Gasteiger partial charge >= 0.3 is 23.9 Å². The van der Waals surface area contributed by atoms with Gasteiger partial charge in [0.05, 0.1) is 31.6 Å². The Morgan fingerprint density at radius 2 is 1.03 bits per heavy atom. The van der Waals surface area contributed by atoms with Crippen molar-refractivity contribution >= 4 is 156 Å². The second-order valence-corrected chi connectivity index (χ2v) is 30.5. The van der Waals surface area contributed by atoms with E-state index in [1.54, 1.807) is 20.8 Å². The SMILES string of the molecule is CC[C@H](C)[C@@H]1NC(=O)[C@@H]2CSSC[C@@H](C(=O)O)NC(=O)CNC(=O)[C@H]([C@@H](C)O)NC(=O)[C@H](CSSC[C@H](NC(=O)[C@H](CCC(=O)O)NC(=O)[C@H](CC(=O)O)NC(=O)[C@@H](N)[C@@H](C)O)C(=O)N[C@@H](CCC(=O)O)C(=O)N[C@@H](CC(C)C)C(=O)N2)NC(=O)[C@H](C)NC(=O)C(C(C)C)NC(=O)[C@H](CC(N)=O)NC1=O. The number of aliphatic hydroxyl groups is 2. The molecule has 2 bridgehead atoms. The van der Waals surface area contributed by atoms with Gasteiger partial charge in [0.15, 0.2) is 0 Å². The molecular formula is C60H96N16O25S4. The monoisotopic (exact) mass is 1570 g/mol. The summed E-state index contributed by atoms with van der Waals surface area (Å²) in [5, 5.41) is 92.6. The van der Waals surface area contributed by atoms with Crippen molar-refractivity contribution in [2.45, 2.75) is 210 Å². The Balaban J connectivity index is 3.22. The number of carbonyl (C=O) groups is 19. The maximum atomic E-state index is 14.9. The number of fused-ring (bicyclic) bond motifs is 37. The van der Waals surface area contributed by atoms with Crippen LogP contribution in [0.5, 0.6) is 0 Å². The van der Waals surface area contributed by atoms with E-state index in [-0.39, 0.29) is 12.8 Å². The number of aliphatic carboxylic acids is 4. The molecule has 15 amide bonds. The van der Waals surface area contributed by atoms with Crippen LogP contribution < -0.4 is 85.9 Å². The molecule has 0 radical (unpaired) electrons. The minimum atomic E-state index is -2.06. The molecule has 0 aromatic carbocycles. The Morgan fingerprint density at radius 1 is 0.524 bits per heavy atom. The summed E-state index contributed by atoms with van der Waals surface area (Å²) in [5.74, 6) is -29.5. The minimum Gasteiger partial charge on any atom is -0.481 e. The van der Waals surface area contributed by atoms with E-state index >= 15 is 0 Å². The van der Waals surface area contributed by atoms with Gasteiger partial charge in [-0.15, -0.1) is 0 Å². The molecule has 105 heavy (non-hydrogen) atoms. The molecule has 3 saturated heterocycles. The summed E-state index contributed by atoms with van der Waals surface area (Å²) in [6, 6.07) is -25.8. The van der Waals surface area contributed by atoms with Crippen LogP contribution in [0.1, 0.15) is 114 Å². The average Bonchev–Trinajstić information content (AvgIpc) is 0.903. The highest BCUT2D eigenvalue weighted by atomic mass is 33.1. The van der Waals surface area contributed by atoms with Crippen molar-refractivity contribution in [3.63, 3.8) is 0 Å². The first kappa shape index (κ1) is 92.3. The number of carbonyl (C=O) groups excluding carboxylic acids is 15. The lowest BCUT2D eigenvalue weighted by Crippen LogP contribution is -2.62. The van der Waals surface area contributed by atoms with Gasteiger partial charge in [0.2, 0.25) is 88.6 Å². The first-order valence-electron chi connectivity index (χ1n) is 33.0. The first-order chi connectivity index (χ1) is 49.0. The molecule has 1 unspecified atom stereocenters. The first-order valence-corrected chi connectivity index (χ1v) is 37.9. The zero-order valence-corrected chi connectivity index (χ0v) is 62.2. The standard InChI is InChI=1S/C60H96N16O25S4/c1-10-25(6)45-59(99)70-32(16-38(61)79)52(92)74-44(24(4)5)58(98)64-26(7)47(87)71-35-20-103-102-19-34(72-49(89)30(12-14-41(83)84)66-51(91)33(17-42(85)86)69-56(96)43(62)27(8)77)53(93)67-29(11-13-40(81)82)48(88)68-31(15-23(2)3)50(90)73-36(54(94)75-45)21-104-105-22-37(60(100)101)65-39(80)18-63-57(97)46(28(9)78)76-55(35)95/h23-37,43-46,77-78H,10-22,62H2,1-9H3,(H2,61,79)(H,63,97)(H,64,98)(H,65,80)(H,66,91)(H,67,93)(H,68,88)(H,69,96)(H,70,99)(H,71,87)(H,72,89)(H,73,90)(H,74,92)(H,75,94)(H,76,95)(H,81,82)(H,83,84)(H,85,86)(H,100,101)/t25-,26-,27+,28+,29-,30-,31-,32-,33-,34-,35-,36-,37-,43-,44?,45-,46-/m0/s1. The van der Waals surface area contributed by atoms with Crippen molar-refractivity contribution < 1.29 is 122 Å². The fourth-order valence-corrected chi connectivity index (χ4v) is 14.1. The summed E-state index contributed by atoms with van der Waals surface area (Å²) in [7, 11) is 2.62. The fraction of sp³-hybridized carbons (Fsp3) is 0.683. The predicted octanol–water partition coefficient (Wildman–Crippen LogP) is -7.78. The fourth-order valence-electron chi connectivity index (χ4n) is 9.46. The summed E-state index contributed by atoms with van der Waals surface area (Å²) >= 11 is 0. The Morgan fingerprint density at radius 3 is 1.55 bits per heavy atom. The zero-order valence-electron chi connectivity index (χ0n) is 58.9. The van der Waals surface area contributed by atoms with Crippen LogP contribution in [-0.2, 0) is 91.1 Å². The van der Waals surface area contributed by atoms with Gasteiger partial charge in [-0.25, -0.2) is 4.79 Å². The largest absolute Gasteiger partial charge is 0.481 e. The van der Waals surface area contributed by atoms with Gasteiger partial charge in [0.25, 0.3) is 0 Å². The quantitative estimate of drug-likeness (QED) is 0.0315. The Kier molecular flexibility index (Phi) is 40.0. The van der Waals surface area contributed by atoms with E-state index in [9.17, 15) is 122 Å². The number of amides is 15. The van der Waals surface area contributed by atoms with E-state index in [1.165, 1.54) is 20.8 Å². The molecule has 0 aromatic heterocycles. The smallest absolute Gasteiger partial charge is 0.327 e. The number of hydrogen-bond acceptors (Lipinski definition) is 26. The van der Waals surface area contributed by atoms with Gasteiger partial charge in [-0.2, -0.15) is 0 Å².